The summed E-state index contributed by atoms with van der Waals surface area (Å²) in [5, 5.41) is 12.0. The number of aliphatic hydroxyl groups is 1. The third kappa shape index (κ3) is 2.39. The zero-order chi connectivity index (χ0) is 16.9. The first kappa shape index (κ1) is 16.1. The van der Waals surface area contributed by atoms with Gasteiger partial charge in [-0.2, -0.15) is 0 Å². The van der Waals surface area contributed by atoms with Gasteiger partial charge in [0.2, 0.25) is 0 Å². The van der Waals surface area contributed by atoms with Crippen LogP contribution in [0, 0.1) is 0 Å². The van der Waals surface area contributed by atoms with Crippen molar-refractivity contribution in [2.24, 2.45) is 0 Å². The molecule has 0 radical (unpaired) electrons. The van der Waals surface area contributed by atoms with Crippen LogP contribution in [0.1, 0.15) is 36.6 Å². The van der Waals surface area contributed by atoms with Crippen molar-refractivity contribution in [2.75, 3.05) is 12.4 Å². The van der Waals surface area contributed by atoms with Gasteiger partial charge in [-0.15, -0.1) is 11.3 Å². The standard InChI is InChI=1S/C16H18N2O4S2/c1-2-22-11(19)7-16(21)8-23-15-17-13-12(14(20)18(15)16)9-5-3-4-6-10(9)24-13/h21H,2-8H2,1H3. The number of hydrogen-bond donors (Lipinski definition) is 1. The van der Waals surface area contributed by atoms with Crippen molar-refractivity contribution in [3.63, 3.8) is 0 Å². The summed E-state index contributed by atoms with van der Waals surface area (Å²) in [6.07, 6.45) is 3.85. The molecule has 1 unspecified atom stereocenters. The van der Waals surface area contributed by atoms with E-state index in [2.05, 4.69) is 4.98 Å². The summed E-state index contributed by atoms with van der Waals surface area (Å²) in [4.78, 5) is 31.6. The molecule has 4 rings (SSSR count). The summed E-state index contributed by atoms with van der Waals surface area (Å²) in [6, 6.07) is 0. The maximum absolute atomic E-state index is 13.1. The Morgan fingerprint density at radius 3 is 3.00 bits per heavy atom. The van der Waals surface area contributed by atoms with Crippen LogP contribution in [-0.4, -0.2) is 33.0 Å². The second-order valence-corrected chi connectivity index (χ2v) is 8.21. The van der Waals surface area contributed by atoms with Crippen LogP contribution in [0.2, 0.25) is 0 Å². The second kappa shape index (κ2) is 5.86. The van der Waals surface area contributed by atoms with Gasteiger partial charge in [0.05, 0.1) is 24.2 Å². The largest absolute Gasteiger partial charge is 0.466 e. The van der Waals surface area contributed by atoms with Crippen molar-refractivity contribution in [3.8, 4) is 0 Å². The van der Waals surface area contributed by atoms with Crippen molar-refractivity contribution in [1.82, 2.24) is 9.55 Å². The number of carbonyl (C=O) groups is 1. The minimum absolute atomic E-state index is 0.230. The van der Waals surface area contributed by atoms with E-state index < -0.39 is 11.7 Å². The van der Waals surface area contributed by atoms with Crippen molar-refractivity contribution in [2.45, 2.75) is 49.9 Å². The van der Waals surface area contributed by atoms with Crippen LogP contribution in [0.25, 0.3) is 10.2 Å². The number of carbonyl (C=O) groups excluding carboxylic acids is 1. The molecule has 2 aromatic heterocycles. The normalized spacial score (nSPS) is 22.4. The van der Waals surface area contributed by atoms with E-state index in [1.54, 1.807) is 18.3 Å². The van der Waals surface area contributed by atoms with Crippen LogP contribution < -0.4 is 5.56 Å². The van der Waals surface area contributed by atoms with E-state index in [9.17, 15) is 14.7 Å². The summed E-state index contributed by atoms with van der Waals surface area (Å²) in [7, 11) is 0. The fourth-order valence-electron chi connectivity index (χ4n) is 3.47. The van der Waals surface area contributed by atoms with Gasteiger partial charge in [0, 0.05) is 4.88 Å². The molecule has 1 aliphatic heterocycles. The van der Waals surface area contributed by atoms with Gasteiger partial charge >= 0.3 is 5.97 Å². The van der Waals surface area contributed by atoms with Gasteiger partial charge in [-0.25, -0.2) is 4.98 Å². The molecule has 3 heterocycles. The molecule has 0 aromatic carbocycles. The average Bonchev–Trinajstić information content (AvgIpc) is 3.06. The number of thioether (sulfide) groups is 1. The first-order valence-corrected chi connectivity index (χ1v) is 9.92. The van der Waals surface area contributed by atoms with E-state index >= 15 is 0 Å². The Labute approximate surface area is 146 Å². The molecule has 1 atom stereocenters. The molecule has 8 heteroatoms. The highest BCUT2D eigenvalue weighted by atomic mass is 32.2. The summed E-state index contributed by atoms with van der Waals surface area (Å²) in [5.41, 5.74) is -0.704. The Hall–Kier alpha value is -1.38. The third-order valence-corrected chi connectivity index (χ3v) is 6.86. The number of aryl methyl sites for hydroxylation is 2. The molecule has 0 saturated carbocycles. The second-order valence-electron chi connectivity index (χ2n) is 6.18. The van der Waals surface area contributed by atoms with Gasteiger partial charge in [0.1, 0.15) is 4.83 Å². The quantitative estimate of drug-likeness (QED) is 0.661. The first-order chi connectivity index (χ1) is 11.5. The number of thiophene rings is 1. The monoisotopic (exact) mass is 366 g/mol. The van der Waals surface area contributed by atoms with E-state index in [-0.39, 0.29) is 24.3 Å². The summed E-state index contributed by atoms with van der Waals surface area (Å²) in [6.45, 7) is 1.97. The van der Waals surface area contributed by atoms with Gasteiger partial charge in [-0.05, 0) is 38.2 Å². The molecule has 0 amide bonds. The topological polar surface area (TPSA) is 81.4 Å². The van der Waals surface area contributed by atoms with Gasteiger partial charge in [-0.3, -0.25) is 14.2 Å². The van der Waals surface area contributed by atoms with E-state index in [1.165, 1.54) is 21.2 Å². The minimum atomic E-state index is -1.56. The van der Waals surface area contributed by atoms with Gasteiger partial charge < -0.3 is 9.84 Å². The average molecular weight is 366 g/mol. The molecule has 0 fully saturated rings. The maximum atomic E-state index is 13.1. The van der Waals surface area contributed by atoms with Crippen LogP contribution in [0.3, 0.4) is 0 Å². The zero-order valence-electron chi connectivity index (χ0n) is 13.3. The molecule has 0 bridgehead atoms. The lowest BCUT2D eigenvalue weighted by molar-refractivity contribution is -0.152. The SMILES string of the molecule is CCOC(=O)CC1(O)CSc2nc3sc4c(c3c(=O)n21)CCCC4. The predicted molar refractivity (Wildman–Crippen MR) is 92.7 cm³/mol. The molecule has 24 heavy (non-hydrogen) atoms. The highest BCUT2D eigenvalue weighted by molar-refractivity contribution is 7.99. The molecule has 128 valence electrons. The molecule has 1 aliphatic carbocycles. The number of hydrogen-bond acceptors (Lipinski definition) is 7. The molecule has 0 saturated heterocycles. The molecular formula is C16H18N2O4S2. The van der Waals surface area contributed by atoms with Crippen LogP contribution in [0.5, 0.6) is 0 Å². The number of fused-ring (bicyclic) bond motifs is 4. The van der Waals surface area contributed by atoms with E-state index in [4.69, 9.17) is 4.74 Å². The highest BCUT2D eigenvalue weighted by Gasteiger charge is 2.42. The summed E-state index contributed by atoms with van der Waals surface area (Å²) < 4.78 is 6.25. The van der Waals surface area contributed by atoms with Gasteiger partial charge in [-0.1, -0.05) is 11.8 Å². The number of esters is 1. The number of nitrogens with zero attached hydrogens (tertiary/aromatic N) is 2. The number of rotatable bonds is 3. The Balaban J connectivity index is 1.86. The summed E-state index contributed by atoms with van der Waals surface area (Å²) in [5.74, 6) is -0.277. The molecule has 6 nitrogen and oxygen atoms in total. The van der Waals surface area contributed by atoms with Crippen molar-refractivity contribution in [3.05, 3.63) is 20.8 Å². The highest BCUT2D eigenvalue weighted by Crippen LogP contribution is 2.40. The Kier molecular flexibility index (Phi) is 3.93. The first-order valence-electron chi connectivity index (χ1n) is 8.12. The van der Waals surface area contributed by atoms with Crippen LogP contribution in [0.4, 0.5) is 0 Å². The maximum Gasteiger partial charge on any atom is 0.310 e. The molecular weight excluding hydrogens is 348 g/mol. The van der Waals surface area contributed by atoms with Crippen molar-refractivity contribution >= 4 is 39.3 Å². The van der Waals surface area contributed by atoms with E-state index in [1.807, 2.05) is 0 Å². The third-order valence-electron chi connectivity index (χ3n) is 4.54. The lowest BCUT2D eigenvalue weighted by Gasteiger charge is -2.23. The lowest BCUT2D eigenvalue weighted by atomic mass is 9.97. The fraction of sp³-hybridized carbons (Fsp3) is 0.562. The minimum Gasteiger partial charge on any atom is -0.466 e. The van der Waals surface area contributed by atoms with Crippen LogP contribution in [-0.2, 0) is 28.1 Å². The smallest absolute Gasteiger partial charge is 0.310 e. The lowest BCUT2D eigenvalue weighted by Crippen LogP contribution is -2.42. The van der Waals surface area contributed by atoms with Crippen LogP contribution in [0.15, 0.2) is 9.95 Å². The Morgan fingerprint density at radius 1 is 1.42 bits per heavy atom. The van der Waals surface area contributed by atoms with Crippen molar-refractivity contribution in [1.29, 1.82) is 0 Å². The van der Waals surface area contributed by atoms with E-state index in [0.717, 1.165) is 36.1 Å². The van der Waals surface area contributed by atoms with E-state index in [0.29, 0.717) is 10.5 Å². The molecule has 2 aliphatic rings. The van der Waals surface area contributed by atoms with Crippen LogP contribution >= 0.6 is 23.1 Å². The number of aromatic nitrogens is 2. The van der Waals surface area contributed by atoms with Gasteiger partial charge in [0.15, 0.2) is 10.9 Å². The number of ether oxygens (including phenoxy) is 1. The fourth-order valence-corrected chi connectivity index (χ4v) is 5.91. The zero-order valence-corrected chi connectivity index (χ0v) is 15.0. The molecule has 1 N–H and O–H groups in total. The summed E-state index contributed by atoms with van der Waals surface area (Å²) >= 11 is 2.90. The predicted octanol–water partition coefficient (Wildman–Crippen LogP) is 2.04. The van der Waals surface area contributed by atoms with Crippen molar-refractivity contribution < 1.29 is 14.6 Å². The Morgan fingerprint density at radius 2 is 2.21 bits per heavy atom. The molecule has 0 spiro atoms. The Bertz CT molecular complexity index is 888. The molecule has 2 aromatic rings. The van der Waals surface area contributed by atoms with Gasteiger partial charge in [0.25, 0.3) is 5.56 Å².